The molecule has 0 saturated heterocycles. The summed E-state index contributed by atoms with van der Waals surface area (Å²) in [5, 5.41) is 2.69. The van der Waals surface area contributed by atoms with Crippen LogP contribution in [0, 0.1) is 0 Å². The topological polar surface area (TPSA) is 56.8 Å². The maximum Gasteiger partial charge on any atom is 0.407 e. The lowest BCUT2D eigenvalue weighted by molar-refractivity contribution is 0.0523. The van der Waals surface area contributed by atoms with Gasteiger partial charge in [0, 0.05) is 12.6 Å². The fraction of sp³-hybridized carbons (Fsp3) is 0.500. The van der Waals surface area contributed by atoms with Crippen molar-refractivity contribution >= 4 is 6.09 Å². The third-order valence-electron chi connectivity index (χ3n) is 2.25. The molecule has 0 unspecified atom stereocenters. The normalized spacial score (nSPS) is 10.8. The summed E-state index contributed by atoms with van der Waals surface area (Å²) in [6, 6.07) is 5.44. The van der Waals surface area contributed by atoms with Gasteiger partial charge in [-0.2, -0.15) is 0 Å². The maximum absolute atomic E-state index is 11.5. The van der Waals surface area contributed by atoms with Crippen LogP contribution in [0.25, 0.3) is 0 Å². The molecule has 1 rings (SSSR count). The average Bonchev–Trinajstić information content (AvgIpc) is 2.33. The lowest BCUT2D eigenvalue weighted by atomic mass is 10.2. The van der Waals surface area contributed by atoms with Crippen LogP contribution in [-0.4, -0.2) is 25.9 Å². The summed E-state index contributed by atoms with van der Waals surface area (Å²) < 4.78 is 15.5. The fourth-order valence-corrected chi connectivity index (χ4v) is 1.46. The number of methoxy groups -OCH3 is 2. The Balaban J connectivity index is 2.64. The predicted molar refractivity (Wildman–Crippen MR) is 72.6 cm³/mol. The SMILES string of the molecule is COc1cc(CNC(=O)OC(C)(C)C)cc(OC)c1. The molecule has 0 aliphatic rings. The zero-order valence-corrected chi connectivity index (χ0v) is 12.1. The minimum Gasteiger partial charge on any atom is -0.497 e. The quantitative estimate of drug-likeness (QED) is 0.911. The lowest BCUT2D eigenvalue weighted by Crippen LogP contribution is -2.32. The van der Waals surface area contributed by atoms with E-state index in [0.29, 0.717) is 18.0 Å². The molecule has 0 atom stereocenters. The third kappa shape index (κ3) is 5.50. The molecule has 0 heterocycles. The van der Waals surface area contributed by atoms with Gasteiger partial charge in [0.15, 0.2) is 0 Å². The number of carbonyl (C=O) groups is 1. The van der Waals surface area contributed by atoms with E-state index in [1.165, 1.54) is 0 Å². The standard InChI is InChI=1S/C14H21NO4/c1-14(2,3)19-13(16)15-9-10-6-11(17-4)8-12(7-10)18-5/h6-8H,9H2,1-5H3,(H,15,16). The summed E-state index contributed by atoms with van der Waals surface area (Å²) in [6.45, 7) is 5.81. The van der Waals surface area contributed by atoms with Gasteiger partial charge in [0.2, 0.25) is 0 Å². The molecule has 1 amide bonds. The van der Waals surface area contributed by atoms with Crippen LogP contribution < -0.4 is 14.8 Å². The van der Waals surface area contributed by atoms with Crippen LogP contribution in [0.1, 0.15) is 26.3 Å². The molecule has 0 aliphatic heterocycles. The highest BCUT2D eigenvalue weighted by Crippen LogP contribution is 2.22. The van der Waals surface area contributed by atoms with E-state index < -0.39 is 11.7 Å². The van der Waals surface area contributed by atoms with Crippen LogP contribution in [0.3, 0.4) is 0 Å². The van der Waals surface area contributed by atoms with Gasteiger partial charge >= 0.3 is 6.09 Å². The zero-order chi connectivity index (χ0) is 14.5. The zero-order valence-electron chi connectivity index (χ0n) is 12.1. The summed E-state index contributed by atoms with van der Waals surface area (Å²) >= 11 is 0. The summed E-state index contributed by atoms with van der Waals surface area (Å²) in [5.41, 5.74) is 0.373. The Morgan fingerprint density at radius 3 is 2.05 bits per heavy atom. The summed E-state index contributed by atoms with van der Waals surface area (Å²) in [7, 11) is 3.17. The van der Waals surface area contributed by atoms with Crippen molar-refractivity contribution in [1.29, 1.82) is 0 Å². The molecule has 1 N–H and O–H groups in total. The second-order valence-corrected chi connectivity index (χ2v) is 5.08. The molecule has 0 aromatic heterocycles. The van der Waals surface area contributed by atoms with Crippen molar-refractivity contribution in [2.75, 3.05) is 14.2 Å². The molecule has 0 radical (unpaired) electrons. The van der Waals surface area contributed by atoms with Crippen LogP contribution in [0.2, 0.25) is 0 Å². The van der Waals surface area contributed by atoms with Crippen LogP contribution >= 0.6 is 0 Å². The van der Waals surface area contributed by atoms with Gasteiger partial charge < -0.3 is 19.5 Å². The minimum atomic E-state index is -0.504. The van der Waals surface area contributed by atoms with E-state index in [4.69, 9.17) is 14.2 Å². The molecule has 19 heavy (non-hydrogen) atoms. The molecular weight excluding hydrogens is 246 g/mol. The van der Waals surface area contributed by atoms with Gasteiger partial charge in [-0.3, -0.25) is 0 Å². The molecule has 0 bridgehead atoms. The molecular formula is C14H21NO4. The number of hydrogen-bond acceptors (Lipinski definition) is 4. The van der Waals surface area contributed by atoms with Crippen molar-refractivity contribution in [3.63, 3.8) is 0 Å². The highest BCUT2D eigenvalue weighted by atomic mass is 16.6. The van der Waals surface area contributed by atoms with Crippen LogP contribution in [-0.2, 0) is 11.3 Å². The van der Waals surface area contributed by atoms with Crippen LogP contribution in [0.4, 0.5) is 4.79 Å². The monoisotopic (exact) mass is 267 g/mol. The first-order valence-corrected chi connectivity index (χ1v) is 6.03. The Morgan fingerprint density at radius 1 is 1.11 bits per heavy atom. The Bertz CT molecular complexity index is 415. The second kappa shape index (κ2) is 6.31. The number of alkyl carbamates (subject to hydrolysis) is 1. The smallest absolute Gasteiger partial charge is 0.407 e. The largest absolute Gasteiger partial charge is 0.497 e. The van der Waals surface area contributed by atoms with Gasteiger partial charge in [-0.15, -0.1) is 0 Å². The van der Waals surface area contributed by atoms with Crippen molar-refractivity contribution in [2.24, 2.45) is 0 Å². The Kier molecular flexibility index (Phi) is 5.03. The van der Waals surface area contributed by atoms with Crippen molar-refractivity contribution < 1.29 is 19.0 Å². The highest BCUT2D eigenvalue weighted by Gasteiger charge is 2.15. The summed E-state index contributed by atoms with van der Waals surface area (Å²) in [6.07, 6.45) is -0.450. The second-order valence-electron chi connectivity index (χ2n) is 5.08. The number of hydrogen-bond donors (Lipinski definition) is 1. The first-order valence-electron chi connectivity index (χ1n) is 6.03. The van der Waals surface area contributed by atoms with E-state index in [2.05, 4.69) is 5.32 Å². The predicted octanol–water partition coefficient (Wildman–Crippen LogP) is 2.73. The third-order valence-corrected chi connectivity index (χ3v) is 2.25. The number of benzene rings is 1. The average molecular weight is 267 g/mol. The molecule has 0 fully saturated rings. The Hall–Kier alpha value is -1.91. The maximum atomic E-state index is 11.5. The van der Waals surface area contributed by atoms with Crippen molar-refractivity contribution in [2.45, 2.75) is 32.9 Å². The number of amides is 1. The number of nitrogens with one attached hydrogen (secondary N) is 1. The van der Waals surface area contributed by atoms with E-state index >= 15 is 0 Å². The van der Waals surface area contributed by atoms with Gasteiger partial charge in [0.1, 0.15) is 17.1 Å². The minimum absolute atomic E-state index is 0.350. The molecule has 1 aromatic rings. The first-order chi connectivity index (χ1) is 8.84. The Morgan fingerprint density at radius 2 is 1.63 bits per heavy atom. The van der Waals surface area contributed by atoms with Crippen LogP contribution in [0.5, 0.6) is 11.5 Å². The number of rotatable bonds is 4. The van der Waals surface area contributed by atoms with E-state index in [0.717, 1.165) is 5.56 Å². The van der Waals surface area contributed by atoms with Gasteiger partial charge in [0.05, 0.1) is 14.2 Å². The van der Waals surface area contributed by atoms with Gasteiger partial charge in [-0.25, -0.2) is 4.79 Å². The van der Waals surface area contributed by atoms with E-state index in [1.54, 1.807) is 20.3 Å². The highest BCUT2D eigenvalue weighted by molar-refractivity contribution is 5.67. The van der Waals surface area contributed by atoms with Crippen molar-refractivity contribution in [3.8, 4) is 11.5 Å². The number of ether oxygens (including phenoxy) is 3. The molecule has 5 heteroatoms. The van der Waals surface area contributed by atoms with E-state index in [9.17, 15) is 4.79 Å². The lowest BCUT2D eigenvalue weighted by Gasteiger charge is -2.19. The van der Waals surface area contributed by atoms with Gasteiger partial charge in [-0.1, -0.05) is 0 Å². The molecule has 0 aliphatic carbocycles. The summed E-state index contributed by atoms with van der Waals surface area (Å²) in [4.78, 5) is 11.5. The van der Waals surface area contributed by atoms with Crippen molar-refractivity contribution in [1.82, 2.24) is 5.32 Å². The van der Waals surface area contributed by atoms with E-state index in [-0.39, 0.29) is 0 Å². The molecule has 5 nitrogen and oxygen atoms in total. The van der Waals surface area contributed by atoms with Crippen molar-refractivity contribution in [3.05, 3.63) is 23.8 Å². The first kappa shape index (κ1) is 15.1. The van der Waals surface area contributed by atoms with Gasteiger partial charge in [-0.05, 0) is 38.5 Å². The molecule has 0 spiro atoms. The fourth-order valence-electron chi connectivity index (χ4n) is 1.46. The number of carbonyl (C=O) groups excluding carboxylic acids is 1. The van der Waals surface area contributed by atoms with E-state index in [1.807, 2.05) is 32.9 Å². The summed E-state index contributed by atoms with van der Waals surface area (Å²) in [5.74, 6) is 1.36. The molecule has 0 saturated carbocycles. The molecule has 1 aromatic carbocycles. The molecule has 106 valence electrons. The Labute approximate surface area is 113 Å². The van der Waals surface area contributed by atoms with Gasteiger partial charge in [0.25, 0.3) is 0 Å². The van der Waals surface area contributed by atoms with Crippen LogP contribution in [0.15, 0.2) is 18.2 Å².